The Morgan fingerprint density at radius 1 is 1.24 bits per heavy atom. The SMILES string of the molecule is CCOc1nn(CC)cc1-c1nnc(SCc2cccc(Cl)c2)n1C. The monoisotopic (exact) mass is 377 g/mol. The number of hydrogen-bond donors (Lipinski definition) is 0. The predicted molar refractivity (Wildman–Crippen MR) is 100 cm³/mol. The van der Waals surface area contributed by atoms with Crippen molar-refractivity contribution < 1.29 is 4.74 Å². The van der Waals surface area contributed by atoms with Crippen molar-refractivity contribution in [3.05, 3.63) is 41.0 Å². The predicted octanol–water partition coefficient (Wildman–Crippen LogP) is 4.04. The van der Waals surface area contributed by atoms with Gasteiger partial charge in [0.1, 0.15) is 5.56 Å². The number of rotatable bonds is 7. The molecule has 0 radical (unpaired) electrons. The first kappa shape index (κ1) is 17.8. The van der Waals surface area contributed by atoms with Gasteiger partial charge in [0.2, 0.25) is 5.88 Å². The van der Waals surface area contributed by atoms with E-state index in [1.165, 1.54) is 0 Å². The number of thioether (sulfide) groups is 1. The summed E-state index contributed by atoms with van der Waals surface area (Å²) < 4.78 is 9.45. The molecule has 3 rings (SSSR count). The molecular weight excluding hydrogens is 358 g/mol. The number of aromatic nitrogens is 5. The van der Waals surface area contributed by atoms with Gasteiger partial charge in [0, 0.05) is 30.6 Å². The average molecular weight is 378 g/mol. The second-order valence-electron chi connectivity index (χ2n) is 5.42. The lowest BCUT2D eigenvalue weighted by molar-refractivity contribution is 0.322. The number of hydrogen-bond acceptors (Lipinski definition) is 5. The van der Waals surface area contributed by atoms with Crippen LogP contribution in [0.25, 0.3) is 11.4 Å². The number of halogens is 1. The van der Waals surface area contributed by atoms with E-state index in [9.17, 15) is 0 Å². The van der Waals surface area contributed by atoms with Crippen LogP contribution in [-0.4, -0.2) is 31.2 Å². The Morgan fingerprint density at radius 3 is 2.80 bits per heavy atom. The third-order valence-corrected chi connectivity index (χ3v) is 4.99. The molecule has 0 fully saturated rings. The summed E-state index contributed by atoms with van der Waals surface area (Å²) in [5, 5.41) is 14.7. The molecule has 132 valence electrons. The molecule has 0 bridgehead atoms. The second-order valence-corrected chi connectivity index (χ2v) is 6.80. The minimum atomic E-state index is 0.557. The molecule has 0 N–H and O–H groups in total. The number of ether oxygens (including phenoxy) is 1. The quantitative estimate of drug-likeness (QED) is 0.581. The summed E-state index contributed by atoms with van der Waals surface area (Å²) >= 11 is 7.66. The van der Waals surface area contributed by atoms with E-state index < -0.39 is 0 Å². The molecule has 8 heteroatoms. The molecule has 2 aromatic heterocycles. The van der Waals surface area contributed by atoms with E-state index in [1.807, 2.05) is 54.5 Å². The summed E-state index contributed by atoms with van der Waals surface area (Å²) in [4.78, 5) is 0. The van der Waals surface area contributed by atoms with Crippen LogP contribution in [0, 0.1) is 0 Å². The minimum absolute atomic E-state index is 0.557. The molecule has 0 spiro atoms. The van der Waals surface area contributed by atoms with Crippen LogP contribution in [0.4, 0.5) is 0 Å². The molecule has 0 unspecified atom stereocenters. The summed E-state index contributed by atoms with van der Waals surface area (Å²) in [6.07, 6.45) is 1.94. The van der Waals surface area contributed by atoms with Crippen LogP contribution in [0.2, 0.25) is 5.02 Å². The van der Waals surface area contributed by atoms with Gasteiger partial charge in [0.15, 0.2) is 11.0 Å². The lowest BCUT2D eigenvalue weighted by Gasteiger charge is -2.05. The molecule has 0 aliphatic rings. The van der Waals surface area contributed by atoms with Crippen molar-refractivity contribution in [3.63, 3.8) is 0 Å². The molecule has 6 nitrogen and oxygen atoms in total. The summed E-state index contributed by atoms with van der Waals surface area (Å²) in [7, 11) is 1.95. The second kappa shape index (κ2) is 7.93. The maximum Gasteiger partial charge on any atom is 0.243 e. The molecule has 3 aromatic rings. The van der Waals surface area contributed by atoms with Gasteiger partial charge in [-0.05, 0) is 31.5 Å². The van der Waals surface area contributed by atoms with E-state index in [0.29, 0.717) is 12.5 Å². The Labute approximate surface area is 156 Å². The molecule has 25 heavy (non-hydrogen) atoms. The minimum Gasteiger partial charge on any atom is -0.476 e. The van der Waals surface area contributed by atoms with Gasteiger partial charge in [-0.3, -0.25) is 4.68 Å². The Kier molecular flexibility index (Phi) is 5.65. The molecule has 0 aliphatic heterocycles. The Morgan fingerprint density at radius 2 is 2.08 bits per heavy atom. The van der Waals surface area contributed by atoms with Crippen LogP contribution in [0.1, 0.15) is 19.4 Å². The Bertz CT molecular complexity index is 861. The largest absolute Gasteiger partial charge is 0.476 e. The summed E-state index contributed by atoms with van der Waals surface area (Å²) in [6, 6.07) is 7.84. The maximum absolute atomic E-state index is 6.04. The first-order chi connectivity index (χ1) is 12.1. The third-order valence-electron chi connectivity index (χ3n) is 3.67. The van der Waals surface area contributed by atoms with Crippen LogP contribution < -0.4 is 4.74 Å². The van der Waals surface area contributed by atoms with Gasteiger partial charge in [-0.25, -0.2) is 0 Å². The smallest absolute Gasteiger partial charge is 0.243 e. The Hall–Kier alpha value is -1.99. The molecule has 1 aromatic carbocycles. The third kappa shape index (κ3) is 3.99. The molecular formula is C17H20ClN5OS. The van der Waals surface area contributed by atoms with Crippen LogP contribution in [0.15, 0.2) is 35.6 Å². The fourth-order valence-corrected chi connectivity index (χ4v) is 3.48. The summed E-state index contributed by atoms with van der Waals surface area (Å²) in [6.45, 7) is 5.31. The highest BCUT2D eigenvalue weighted by Crippen LogP contribution is 2.30. The standard InChI is InChI=1S/C17H20ClN5OS/c1-4-23-10-14(16(21-23)24-5-2)15-19-20-17(22(15)3)25-11-12-7-6-8-13(18)9-12/h6-10H,4-5,11H2,1-3H3. The zero-order chi connectivity index (χ0) is 17.8. The van der Waals surface area contributed by atoms with Crippen LogP contribution in [-0.2, 0) is 19.3 Å². The van der Waals surface area contributed by atoms with E-state index in [0.717, 1.165) is 39.4 Å². The van der Waals surface area contributed by atoms with Crippen molar-refractivity contribution in [2.75, 3.05) is 6.61 Å². The highest BCUT2D eigenvalue weighted by atomic mass is 35.5. The highest BCUT2D eigenvalue weighted by Gasteiger charge is 2.19. The van der Waals surface area contributed by atoms with E-state index >= 15 is 0 Å². The zero-order valence-electron chi connectivity index (χ0n) is 14.4. The van der Waals surface area contributed by atoms with Gasteiger partial charge in [-0.2, -0.15) is 0 Å². The summed E-state index contributed by atoms with van der Waals surface area (Å²) in [5.41, 5.74) is 2.00. The fraction of sp³-hybridized carbons (Fsp3) is 0.353. The fourth-order valence-electron chi connectivity index (χ4n) is 2.41. The normalized spacial score (nSPS) is 11.0. The maximum atomic E-state index is 6.04. The molecule has 0 atom stereocenters. The zero-order valence-corrected chi connectivity index (χ0v) is 16.0. The average Bonchev–Trinajstić information content (AvgIpc) is 3.17. The molecule has 0 saturated carbocycles. The van der Waals surface area contributed by atoms with Crippen molar-refractivity contribution in [1.82, 2.24) is 24.5 Å². The first-order valence-electron chi connectivity index (χ1n) is 8.09. The van der Waals surface area contributed by atoms with Crippen molar-refractivity contribution in [2.24, 2.45) is 7.05 Å². The molecule has 0 amide bonds. The van der Waals surface area contributed by atoms with Crippen LogP contribution in [0.3, 0.4) is 0 Å². The van der Waals surface area contributed by atoms with Crippen molar-refractivity contribution >= 4 is 23.4 Å². The van der Waals surface area contributed by atoms with Crippen LogP contribution >= 0.6 is 23.4 Å². The van der Waals surface area contributed by atoms with Gasteiger partial charge in [0.05, 0.1) is 6.61 Å². The van der Waals surface area contributed by atoms with Gasteiger partial charge >= 0.3 is 0 Å². The van der Waals surface area contributed by atoms with Crippen molar-refractivity contribution in [1.29, 1.82) is 0 Å². The van der Waals surface area contributed by atoms with Gasteiger partial charge < -0.3 is 9.30 Å². The van der Waals surface area contributed by atoms with Crippen LogP contribution in [0.5, 0.6) is 5.88 Å². The first-order valence-corrected chi connectivity index (χ1v) is 9.46. The topological polar surface area (TPSA) is 57.8 Å². The van der Waals surface area contributed by atoms with E-state index in [2.05, 4.69) is 21.4 Å². The molecule has 0 saturated heterocycles. The van der Waals surface area contributed by atoms with E-state index in [1.54, 1.807) is 11.8 Å². The summed E-state index contributed by atoms with van der Waals surface area (Å²) in [5.74, 6) is 2.11. The Balaban J connectivity index is 1.82. The lowest BCUT2D eigenvalue weighted by atomic mass is 10.2. The lowest BCUT2D eigenvalue weighted by Crippen LogP contribution is -1.98. The number of nitrogens with zero attached hydrogens (tertiary/aromatic N) is 5. The highest BCUT2D eigenvalue weighted by molar-refractivity contribution is 7.98. The van der Waals surface area contributed by atoms with E-state index in [-0.39, 0.29) is 0 Å². The molecule has 2 heterocycles. The van der Waals surface area contributed by atoms with Gasteiger partial charge in [-0.15, -0.1) is 15.3 Å². The van der Waals surface area contributed by atoms with Gasteiger partial charge in [-0.1, -0.05) is 35.5 Å². The van der Waals surface area contributed by atoms with Crippen molar-refractivity contribution in [3.8, 4) is 17.3 Å². The number of aryl methyl sites for hydroxylation is 1. The van der Waals surface area contributed by atoms with E-state index in [4.69, 9.17) is 16.3 Å². The number of benzene rings is 1. The van der Waals surface area contributed by atoms with Gasteiger partial charge in [0.25, 0.3) is 0 Å². The molecule has 0 aliphatic carbocycles. The van der Waals surface area contributed by atoms with Crippen molar-refractivity contribution in [2.45, 2.75) is 31.3 Å².